The summed E-state index contributed by atoms with van der Waals surface area (Å²) in [5.74, 6) is 0. The number of rotatable bonds is 3. The minimum absolute atomic E-state index is 0.678. The molecule has 0 bridgehead atoms. The molecule has 0 spiro atoms. The number of hydrogen-bond acceptors (Lipinski definition) is 4. The molecule has 1 aliphatic heterocycles. The Bertz CT molecular complexity index is 265. The predicted molar refractivity (Wildman–Crippen MR) is 58.5 cm³/mol. The van der Waals surface area contributed by atoms with E-state index in [1.54, 1.807) is 6.26 Å². The third-order valence-corrected chi connectivity index (χ3v) is 3.06. The Balaban J connectivity index is 1.86. The largest absolute Gasteiger partial charge is 0.451 e. The van der Waals surface area contributed by atoms with Gasteiger partial charge < -0.3 is 9.73 Å². The molecular formula is C11H19N3O. The molecular weight excluding hydrogens is 190 g/mol. The minimum atomic E-state index is 0.678. The van der Waals surface area contributed by atoms with Crippen LogP contribution in [0.5, 0.6) is 0 Å². The van der Waals surface area contributed by atoms with Crippen molar-refractivity contribution in [3.8, 4) is 0 Å². The quantitative estimate of drug-likeness (QED) is 0.813. The second-order valence-electron chi connectivity index (χ2n) is 4.23. The lowest BCUT2D eigenvalue weighted by atomic mass is 10.1. The van der Waals surface area contributed by atoms with Gasteiger partial charge in [-0.25, -0.2) is 4.98 Å². The third kappa shape index (κ3) is 3.04. The monoisotopic (exact) mass is 209 g/mol. The second kappa shape index (κ2) is 5.28. The van der Waals surface area contributed by atoms with Crippen molar-refractivity contribution in [2.75, 3.05) is 20.1 Å². The highest BCUT2D eigenvalue weighted by molar-refractivity contribution is 4.91. The molecule has 1 atom stereocenters. The first kappa shape index (κ1) is 10.6. The lowest BCUT2D eigenvalue weighted by Gasteiger charge is -2.25. The first-order chi connectivity index (χ1) is 7.36. The molecule has 1 aromatic rings. The highest BCUT2D eigenvalue weighted by Crippen LogP contribution is 2.13. The molecule has 1 unspecified atom stereocenters. The molecule has 4 heteroatoms. The van der Waals surface area contributed by atoms with Crippen LogP contribution in [0.1, 0.15) is 25.0 Å². The van der Waals surface area contributed by atoms with E-state index in [4.69, 9.17) is 4.42 Å². The summed E-state index contributed by atoms with van der Waals surface area (Å²) in [6, 6.07) is 0.678. The molecule has 2 rings (SSSR count). The Morgan fingerprint density at radius 3 is 3.27 bits per heavy atom. The van der Waals surface area contributed by atoms with E-state index in [9.17, 15) is 0 Å². The average Bonchev–Trinajstić information content (AvgIpc) is 2.58. The van der Waals surface area contributed by atoms with Gasteiger partial charge in [0.05, 0.1) is 5.69 Å². The normalized spacial score (nSPS) is 22.9. The van der Waals surface area contributed by atoms with Gasteiger partial charge in [0.1, 0.15) is 6.26 Å². The van der Waals surface area contributed by atoms with E-state index >= 15 is 0 Å². The minimum Gasteiger partial charge on any atom is -0.451 e. The molecule has 1 aliphatic rings. The molecule has 1 saturated heterocycles. The fourth-order valence-corrected chi connectivity index (χ4v) is 2.14. The van der Waals surface area contributed by atoms with Crippen LogP contribution in [0.25, 0.3) is 0 Å². The van der Waals surface area contributed by atoms with Gasteiger partial charge in [-0.2, -0.15) is 0 Å². The first-order valence-electron chi connectivity index (χ1n) is 5.64. The third-order valence-electron chi connectivity index (χ3n) is 3.06. The van der Waals surface area contributed by atoms with E-state index in [1.807, 2.05) is 0 Å². The number of hydrogen-bond donors (Lipinski definition) is 1. The Morgan fingerprint density at radius 1 is 1.53 bits per heavy atom. The molecule has 0 saturated carbocycles. The summed E-state index contributed by atoms with van der Waals surface area (Å²) >= 11 is 0. The lowest BCUT2D eigenvalue weighted by Crippen LogP contribution is -2.32. The predicted octanol–water partition coefficient (Wildman–Crippen LogP) is 1.25. The van der Waals surface area contributed by atoms with E-state index in [0.29, 0.717) is 6.04 Å². The van der Waals surface area contributed by atoms with Crippen LogP contribution in [0, 0.1) is 0 Å². The first-order valence-corrected chi connectivity index (χ1v) is 5.64. The number of nitrogens with zero attached hydrogens (tertiary/aromatic N) is 2. The fourth-order valence-electron chi connectivity index (χ4n) is 2.14. The topological polar surface area (TPSA) is 41.3 Å². The van der Waals surface area contributed by atoms with Crippen molar-refractivity contribution in [3.63, 3.8) is 0 Å². The van der Waals surface area contributed by atoms with E-state index in [2.05, 4.69) is 22.2 Å². The number of oxazole rings is 1. The van der Waals surface area contributed by atoms with Gasteiger partial charge in [-0.3, -0.25) is 4.90 Å². The van der Waals surface area contributed by atoms with Crippen molar-refractivity contribution in [1.29, 1.82) is 0 Å². The lowest BCUT2D eigenvalue weighted by molar-refractivity contribution is 0.214. The van der Waals surface area contributed by atoms with Gasteiger partial charge in [-0.15, -0.1) is 0 Å². The summed E-state index contributed by atoms with van der Waals surface area (Å²) < 4.78 is 4.98. The Kier molecular flexibility index (Phi) is 3.75. The molecule has 2 heterocycles. The van der Waals surface area contributed by atoms with E-state index in [1.165, 1.54) is 25.7 Å². The van der Waals surface area contributed by atoms with Crippen molar-refractivity contribution < 1.29 is 4.42 Å². The maximum atomic E-state index is 4.98. The molecule has 4 nitrogen and oxygen atoms in total. The van der Waals surface area contributed by atoms with Crippen LogP contribution in [0.2, 0.25) is 0 Å². The number of aromatic nitrogens is 1. The number of nitrogens with one attached hydrogen (secondary N) is 1. The van der Waals surface area contributed by atoms with Gasteiger partial charge >= 0.3 is 0 Å². The van der Waals surface area contributed by atoms with Crippen LogP contribution >= 0.6 is 0 Å². The molecule has 1 fully saturated rings. The molecule has 1 N–H and O–H groups in total. The molecule has 15 heavy (non-hydrogen) atoms. The van der Waals surface area contributed by atoms with Gasteiger partial charge in [-0.05, 0) is 39.4 Å². The highest BCUT2D eigenvalue weighted by Gasteiger charge is 2.17. The summed E-state index contributed by atoms with van der Waals surface area (Å²) in [4.78, 5) is 6.53. The zero-order valence-corrected chi connectivity index (χ0v) is 9.28. The zero-order valence-electron chi connectivity index (χ0n) is 9.28. The summed E-state index contributed by atoms with van der Waals surface area (Å²) in [6.45, 7) is 3.18. The summed E-state index contributed by atoms with van der Waals surface area (Å²) in [5.41, 5.74) is 1.02. The van der Waals surface area contributed by atoms with Crippen LogP contribution in [-0.4, -0.2) is 36.1 Å². The summed E-state index contributed by atoms with van der Waals surface area (Å²) in [7, 11) is 2.17. The second-order valence-corrected chi connectivity index (χ2v) is 4.23. The van der Waals surface area contributed by atoms with Crippen LogP contribution in [-0.2, 0) is 6.54 Å². The maximum absolute atomic E-state index is 4.98. The molecule has 0 radical (unpaired) electrons. The summed E-state index contributed by atoms with van der Waals surface area (Å²) in [6.07, 6.45) is 7.01. The van der Waals surface area contributed by atoms with Gasteiger partial charge in [0.25, 0.3) is 0 Å². The molecule has 0 aliphatic carbocycles. The van der Waals surface area contributed by atoms with E-state index in [0.717, 1.165) is 25.3 Å². The van der Waals surface area contributed by atoms with E-state index < -0.39 is 0 Å². The van der Waals surface area contributed by atoms with Crippen molar-refractivity contribution in [2.45, 2.75) is 31.8 Å². The van der Waals surface area contributed by atoms with Crippen molar-refractivity contribution in [1.82, 2.24) is 15.2 Å². The smallest absolute Gasteiger partial charge is 0.180 e. The van der Waals surface area contributed by atoms with Crippen molar-refractivity contribution >= 4 is 0 Å². The maximum Gasteiger partial charge on any atom is 0.180 e. The van der Waals surface area contributed by atoms with Crippen LogP contribution < -0.4 is 5.32 Å². The molecule has 84 valence electrons. The van der Waals surface area contributed by atoms with Crippen LogP contribution in [0.4, 0.5) is 0 Å². The van der Waals surface area contributed by atoms with Gasteiger partial charge in [0.15, 0.2) is 6.39 Å². The molecule has 0 amide bonds. The van der Waals surface area contributed by atoms with E-state index in [-0.39, 0.29) is 0 Å². The van der Waals surface area contributed by atoms with Crippen LogP contribution in [0.3, 0.4) is 0 Å². The fraction of sp³-hybridized carbons (Fsp3) is 0.727. The van der Waals surface area contributed by atoms with Gasteiger partial charge in [0, 0.05) is 12.6 Å². The molecule has 0 aromatic carbocycles. The average molecular weight is 209 g/mol. The van der Waals surface area contributed by atoms with Gasteiger partial charge in [-0.1, -0.05) is 0 Å². The molecule has 1 aromatic heterocycles. The summed E-state index contributed by atoms with van der Waals surface area (Å²) in [5, 5.41) is 3.43. The Morgan fingerprint density at radius 2 is 2.47 bits per heavy atom. The Labute approximate surface area is 90.7 Å². The van der Waals surface area contributed by atoms with Crippen LogP contribution in [0.15, 0.2) is 17.1 Å². The van der Waals surface area contributed by atoms with Gasteiger partial charge in [0.2, 0.25) is 0 Å². The zero-order chi connectivity index (χ0) is 10.5. The Hall–Kier alpha value is -0.870. The SMILES string of the molecule is CN(Cc1cocn1)C1CCCNCC1. The van der Waals surface area contributed by atoms with Crippen molar-refractivity contribution in [3.05, 3.63) is 18.4 Å². The standard InChI is InChI=1S/C11H19N3O/c1-14(7-10-8-15-9-13-10)11-3-2-5-12-6-4-11/h8-9,11-12H,2-7H2,1H3. The van der Waals surface area contributed by atoms with Crippen molar-refractivity contribution in [2.24, 2.45) is 0 Å². The highest BCUT2D eigenvalue weighted by atomic mass is 16.3.